The second-order valence-corrected chi connectivity index (χ2v) is 8.50. The molecule has 0 aliphatic carbocycles. The van der Waals surface area contributed by atoms with E-state index in [2.05, 4.69) is 45.1 Å². The first-order valence-electron chi connectivity index (χ1n) is 9.84. The zero-order valence-electron chi connectivity index (χ0n) is 16.3. The van der Waals surface area contributed by atoms with Gasteiger partial charge in [-0.2, -0.15) is 0 Å². The average Bonchev–Trinajstić information content (AvgIpc) is 3.34. The minimum absolute atomic E-state index is 0.213. The first-order chi connectivity index (χ1) is 13.7. The maximum Gasteiger partial charge on any atom is 0.123 e. The van der Waals surface area contributed by atoms with Gasteiger partial charge in [0.1, 0.15) is 16.5 Å². The van der Waals surface area contributed by atoms with E-state index in [-0.39, 0.29) is 6.61 Å². The van der Waals surface area contributed by atoms with Crippen LogP contribution in [0, 0.1) is 6.92 Å². The third-order valence-corrected chi connectivity index (χ3v) is 6.29. The normalized spacial score (nSPS) is 18.6. The van der Waals surface area contributed by atoms with Crippen molar-refractivity contribution in [3.05, 3.63) is 65.1 Å². The second kappa shape index (κ2) is 9.01. The number of hydrogen-bond acceptors (Lipinski definition) is 6. The molecule has 1 atom stereocenters. The number of piperazine rings is 1. The standard InChI is InChI=1S/C22H27N3O2S/c1-17-7-8-20(27-17)15-25-11-10-24(14-19(25)9-12-26)16-21-13-23-22(28-21)18-5-3-2-4-6-18/h2-8,13,19,26H,9-12,14-16H2,1H3/t19-/m1/s1. The first-order valence-corrected chi connectivity index (χ1v) is 10.7. The number of thiazole rings is 1. The van der Waals surface area contributed by atoms with Crippen molar-refractivity contribution >= 4 is 11.3 Å². The number of aliphatic hydroxyl groups is 1. The highest BCUT2D eigenvalue weighted by Crippen LogP contribution is 2.27. The van der Waals surface area contributed by atoms with Crippen LogP contribution in [0.25, 0.3) is 10.6 Å². The van der Waals surface area contributed by atoms with Crippen LogP contribution in [0.1, 0.15) is 22.8 Å². The van der Waals surface area contributed by atoms with Gasteiger partial charge in [0.05, 0.1) is 6.54 Å². The highest BCUT2D eigenvalue weighted by atomic mass is 32.1. The fourth-order valence-corrected chi connectivity index (χ4v) is 4.78. The average molecular weight is 398 g/mol. The fourth-order valence-electron chi connectivity index (χ4n) is 3.82. The Morgan fingerprint density at radius 3 is 2.75 bits per heavy atom. The van der Waals surface area contributed by atoms with E-state index in [1.165, 1.54) is 10.4 Å². The molecule has 5 nitrogen and oxygen atoms in total. The summed E-state index contributed by atoms with van der Waals surface area (Å²) in [6, 6.07) is 14.8. The number of nitrogens with zero attached hydrogens (tertiary/aromatic N) is 3. The van der Waals surface area contributed by atoms with Crippen molar-refractivity contribution in [2.45, 2.75) is 32.5 Å². The predicted octanol–water partition coefficient (Wildman–Crippen LogP) is 3.78. The van der Waals surface area contributed by atoms with Gasteiger partial charge in [-0.1, -0.05) is 30.3 Å². The van der Waals surface area contributed by atoms with Gasteiger partial charge in [0.15, 0.2) is 0 Å². The molecule has 0 radical (unpaired) electrons. The molecule has 0 bridgehead atoms. The van der Waals surface area contributed by atoms with Gasteiger partial charge >= 0.3 is 0 Å². The topological polar surface area (TPSA) is 52.7 Å². The SMILES string of the molecule is Cc1ccc(CN2CCN(Cc3cnc(-c4ccccc4)s3)C[C@H]2CCO)o1. The Morgan fingerprint density at radius 1 is 1.14 bits per heavy atom. The molecule has 3 aromatic rings. The lowest BCUT2D eigenvalue weighted by molar-refractivity contribution is 0.0458. The van der Waals surface area contributed by atoms with Gasteiger partial charge in [-0.15, -0.1) is 11.3 Å². The van der Waals surface area contributed by atoms with Crippen LogP contribution in [0.2, 0.25) is 0 Å². The molecule has 1 aliphatic heterocycles. The monoisotopic (exact) mass is 397 g/mol. The van der Waals surface area contributed by atoms with Crippen LogP contribution in [-0.4, -0.2) is 52.2 Å². The molecule has 3 heterocycles. The lowest BCUT2D eigenvalue weighted by atomic mass is 10.1. The Hall–Kier alpha value is -1.99. The van der Waals surface area contributed by atoms with Gasteiger partial charge in [-0.25, -0.2) is 4.98 Å². The molecule has 6 heteroatoms. The van der Waals surface area contributed by atoms with Crippen molar-refractivity contribution < 1.29 is 9.52 Å². The summed E-state index contributed by atoms with van der Waals surface area (Å²) in [5.74, 6) is 1.95. The predicted molar refractivity (Wildman–Crippen MR) is 112 cm³/mol. The molecule has 2 aromatic heterocycles. The highest BCUT2D eigenvalue weighted by Gasteiger charge is 2.27. The number of furan rings is 1. The molecule has 4 rings (SSSR count). The summed E-state index contributed by atoms with van der Waals surface area (Å²) in [7, 11) is 0. The van der Waals surface area contributed by atoms with Crippen LogP contribution < -0.4 is 0 Å². The van der Waals surface area contributed by atoms with Crippen molar-refractivity contribution in [2.75, 3.05) is 26.2 Å². The second-order valence-electron chi connectivity index (χ2n) is 7.38. The third kappa shape index (κ3) is 4.70. The molecule has 1 saturated heterocycles. The van der Waals surface area contributed by atoms with Crippen LogP contribution >= 0.6 is 11.3 Å². The summed E-state index contributed by atoms with van der Waals surface area (Å²) < 4.78 is 5.76. The maximum atomic E-state index is 9.54. The Morgan fingerprint density at radius 2 is 2.00 bits per heavy atom. The van der Waals surface area contributed by atoms with Gasteiger partial charge in [0, 0.05) is 55.5 Å². The Bertz CT molecular complexity index is 877. The highest BCUT2D eigenvalue weighted by molar-refractivity contribution is 7.15. The fraction of sp³-hybridized carbons (Fsp3) is 0.409. The number of aromatic nitrogens is 1. The summed E-state index contributed by atoms with van der Waals surface area (Å²) in [6.45, 7) is 6.87. The number of aryl methyl sites for hydroxylation is 1. The van der Waals surface area contributed by atoms with Crippen LogP contribution in [0.5, 0.6) is 0 Å². The van der Waals surface area contributed by atoms with E-state index in [1.807, 2.05) is 25.3 Å². The lowest BCUT2D eigenvalue weighted by Crippen LogP contribution is -2.52. The van der Waals surface area contributed by atoms with E-state index in [4.69, 9.17) is 4.42 Å². The minimum atomic E-state index is 0.213. The summed E-state index contributed by atoms with van der Waals surface area (Å²) in [6.07, 6.45) is 2.79. The molecule has 28 heavy (non-hydrogen) atoms. The van der Waals surface area contributed by atoms with Crippen molar-refractivity contribution in [1.29, 1.82) is 0 Å². The largest absolute Gasteiger partial charge is 0.465 e. The smallest absolute Gasteiger partial charge is 0.123 e. The van der Waals surface area contributed by atoms with Crippen molar-refractivity contribution in [3.8, 4) is 10.6 Å². The van der Waals surface area contributed by atoms with E-state index in [0.29, 0.717) is 6.04 Å². The molecular formula is C22H27N3O2S. The van der Waals surface area contributed by atoms with Crippen molar-refractivity contribution in [1.82, 2.24) is 14.8 Å². The summed E-state index contributed by atoms with van der Waals surface area (Å²) in [5, 5.41) is 10.6. The van der Waals surface area contributed by atoms with Crippen LogP contribution in [0.15, 0.2) is 53.1 Å². The number of aliphatic hydroxyl groups excluding tert-OH is 1. The Balaban J connectivity index is 1.38. The van der Waals surface area contributed by atoms with Crippen molar-refractivity contribution in [2.24, 2.45) is 0 Å². The summed E-state index contributed by atoms with van der Waals surface area (Å²) in [5.41, 5.74) is 1.18. The number of benzene rings is 1. The third-order valence-electron chi connectivity index (χ3n) is 5.26. The van der Waals surface area contributed by atoms with Gasteiger partial charge in [-0.3, -0.25) is 9.80 Å². The molecular weight excluding hydrogens is 370 g/mol. The van der Waals surface area contributed by atoms with Gasteiger partial charge in [-0.05, 0) is 25.5 Å². The maximum absolute atomic E-state index is 9.54. The molecule has 0 amide bonds. The molecule has 1 aromatic carbocycles. The quantitative estimate of drug-likeness (QED) is 0.658. The zero-order chi connectivity index (χ0) is 19.3. The van der Waals surface area contributed by atoms with E-state index < -0.39 is 0 Å². The molecule has 0 spiro atoms. The molecule has 0 unspecified atom stereocenters. The molecule has 1 fully saturated rings. The van der Waals surface area contributed by atoms with Crippen LogP contribution in [0.4, 0.5) is 0 Å². The van der Waals surface area contributed by atoms with E-state index in [0.717, 1.165) is 55.7 Å². The van der Waals surface area contributed by atoms with Crippen LogP contribution in [0.3, 0.4) is 0 Å². The van der Waals surface area contributed by atoms with Crippen molar-refractivity contribution in [3.63, 3.8) is 0 Å². The summed E-state index contributed by atoms with van der Waals surface area (Å²) in [4.78, 5) is 10.8. The lowest BCUT2D eigenvalue weighted by Gasteiger charge is -2.40. The Kier molecular flexibility index (Phi) is 6.22. The molecule has 1 N–H and O–H groups in total. The minimum Gasteiger partial charge on any atom is -0.465 e. The van der Waals surface area contributed by atoms with E-state index >= 15 is 0 Å². The summed E-state index contributed by atoms with van der Waals surface area (Å²) >= 11 is 1.77. The van der Waals surface area contributed by atoms with E-state index in [1.54, 1.807) is 11.3 Å². The number of rotatable bonds is 7. The number of hydrogen-bond donors (Lipinski definition) is 1. The van der Waals surface area contributed by atoms with E-state index in [9.17, 15) is 5.11 Å². The zero-order valence-corrected chi connectivity index (χ0v) is 17.1. The Labute approximate surface area is 170 Å². The molecule has 0 saturated carbocycles. The van der Waals surface area contributed by atoms with Gasteiger partial charge < -0.3 is 9.52 Å². The molecule has 148 valence electrons. The van der Waals surface area contributed by atoms with Crippen LogP contribution in [-0.2, 0) is 13.1 Å². The van der Waals surface area contributed by atoms with Gasteiger partial charge in [0.2, 0.25) is 0 Å². The molecule has 1 aliphatic rings. The van der Waals surface area contributed by atoms with Gasteiger partial charge in [0.25, 0.3) is 0 Å². The first kappa shape index (κ1) is 19.3.